The van der Waals surface area contributed by atoms with Gasteiger partial charge < -0.3 is 11.1 Å². The second-order valence-electron chi connectivity index (χ2n) is 12.1. The summed E-state index contributed by atoms with van der Waals surface area (Å²) in [5.41, 5.74) is 8.63. The zero-order valence-corrected chi connectivity index (χ0v) is 21.2. The van der Waals surface area contributed by atoms with Crippen LogP contribution < -0.4 is 11.1 Å². The van der Waals surface area contributed by atoms with E-state index in [1.807, 2.05) is 0 Å². The third-order valence-electron chi connectivity index (χ3n) is 10.6. The zero-order valence-electron chi connectivity index (χ0n) is 20.4. The van der Waals surface area contributed by atoms with E-state index >= 15 is 0 Å². The second kappa shape index (κ2) is 8.69. The Balaban J connectivity index is 1.44. The van der Waals surface area contributed by atoms with Crippen molar-refractivity contribution in [2.45, 2.75) is 102 Å². The fraction of sp³-hybridized carbons (Fsp3) is 0.759. The van der Waals surface area contributed by atoms with E-state index in [0.29, 0.717) is 16.9 Å². The number of hydrogen-bond donors (Lipinski definition) is 2. The SMILES string of the molecule is CCCC1(CC)C2CC3(C(=S)N[C@H]4CC[C@H](CN)CC4)CC1CC(c1ccccc1)(C2)C3. The Morgan fingerprint density at radius 1 is 1.00 bits per heavy atom. The van der Waals surface area contributed by atoms with Gasteiger partial charge in [0.25, 0.3) is 0 Å². The van der Waals surface area contributed by atoms with Gasteiger partial charge in [0.2, 0.25) is 0 Å². The molecule has 2 unspecified atom stereocenters. The van der Waals surface area contributed by atoms with Gasteiger partial charge in [0, 0.05) is 11.5 Å². The van der Waals surface area contributed by atoms with Crippen molar-refractivity contribution in [3.63, 3.8) is 0 Å². The second-order valence-corrected chi connectivity index (χ2v) is 12.5. The highest BCUT2D eigenvalue weighted by atomic mass is 32.1. The predicted octanol–water partition coefficient (Wildman–Crippen LogP) is 6.77. The molecule has 5 aliphatic rings. The summed E-state index contributed by atoms with van der Waals surface area (Å²) in [5, 5.41) is 3.96. The average Bonchev–Trinajstić information content (AvgIpc) is 2.82. The molecule has 3 N–H and O–H groups in total. The zero-order chi connectivity index (χ0) is 22.4. The van der Waals surface area contributed by atoms with Gasteiger partial charge in [0.1, 0.15) is 0 Å². The van der Waals surface area contributed by atoms with Gasteiger partial charge in [-0.3, -0.25) is 0 Å². The Bertz CT molecular complexity index is 794. The lowest BCUT2D eigenvalue weighted by molar-refractivity contribution is -0.148. The number of nitrogens with two attached hydrogens (primary N) is 1. The molecule has 0 aromatic heterocycles. The van der Waals surface area contributed by atoms with Crippen molar-refractivity contribution in [3.05, 3.63) is 35.9 Å². The molecule has 0 saturated heterocycles. The van der Waals surface area contributed by atoms with Crippen LogP contribution in [0, 0.1) is 28.6 Å². The minimum atomic E-state index is 0.216. The molecule has 32 heavy (non-hydrogen) atoms. The largest absolute Gasteiger partial charge is 0.376 e. The number of rotatable bonds is 7. The number of benzene rings is 1. The van der Waals surface area contributed by atoms with Crippen molar-refractivity contribution in [1.29, 1.82) is 0 Å². The minimum absolute atomic E-state index is 0.216. The molecular weight excluding hydrogens is 408 g/mol. The van der Waals surface area contributed by atoms with Gasteiger partial charge in [-0.05, 0) is 111 Å². The van der Waals surface area contributed by atoms with E-state index in [0.717, 1.165) is 24.3 Å². The summed E-state index contributed by atoms with van der Waals surface area (Å²) < 4.78 is 0. The van der Waals surface area contributed by atoms with Gasteiger partial charge in [-0.2, -0.15) is 0 Å². The van der Waals surface area contributed by atoms with E-state index in [9.17, 15) is 0 Å². The highest BCUT2D eigenvalue weighted by Gasteiger charge is 2.66. The molecule has 6 rings (SSSR count). The van der Waals surface area contributed by atoms with E-state index in [4.69, 9.17) is 18.0 Å². The average molecular weight is 453 g/mol. The maximum absolute atomic E-state index is 6.32. The fourth-order valence-corrected chi connectivity index (χ4v) is 9.59. The highest BCUT2D eigenvalue weighted by Crippen LogP contribution is 2.73. The molecule has 2 atom stereocenters. The van der Waals surface area contributed by atoms with Crippen molar-refractivity contribution in [1.82, 2.24) is 5.32 Å². The van der Waals surface area contributed by atoms with Crippen LogP contribution in [0.15, 0.2) is 30.3 Å². The Hall–Kier alpha value is -0.930. The van der Waals surface area contributed by atoms with Gasteiger partial charge in [0.15, 0.2) is 0 Å². The summed E-state index contributed by atoms with van der Waals surface area (Å²) in [6.07, 6.45) is 15.8. The normalized spacial score (nSPS) is 42.7. The molecule has 2 nitrogen and oxygen atoms in total. The van der Waals surface area contributed by atoms with Gasteiger partial charge in [-0.15, -0.1) is 0 Å². The van der Waals surface area contributed by atoms with Crippen molar-refractivity contribution in [2.75, 3.05) is 6.54 Å². The molecule has 1 aromatic carbocycles. The topological polar surface area (TPSA) is 38.0 Å². The first-order valence-electron chi connectivity index (χ1n) is 13.6. The van der Waals surface area contributed by atoms with E-state index in [-0.39, 0.29) is 5.41 Å². The number of thiocarbonyl (C=S) groups is 1. The van der Waals surface area contributed by atoms with Crippen molar-refractivity contribution < 1.29 is 0 Å². The molecular formula is C29H44N2S. The van der Waals surface area contributed by atoms with Crippen molar-refractivity contribution in [2.24, 2.45) is 34.3 Å². The lowest BCUT2D eigenvalue weighted by Gasteiger charge is -2.70. The quantitative estimate of drug-likeness (QED) is 0.449. The Morgan fingerprint density at radius 2 is 1.66 bits per heavy atom. The van der Waals surface area contributed by atoms with Crippen LogP contribution in [0.5, 0.6) is 0 Å². The number of hydrogen-bond acceptors (Lipinski definition) is 2. The monoisotopic (exact) mass is 452 g/mol. The first-order valence-corrected chi connectivity index (χ1v) is 14.0. The Labute approximate surface area is 201 Å². The van der Waals surface area contributed by atoms with Crippen molar-refractivity contribution in [3.8, 4) is 0 Å². The molecule has 5 aliphatic carbocycles. The van der Waals surface area contributed by atoms with Crippen LogP contribution in [0.4, 0.5) is 0 Å². The molecule has 0 spiro atoms. The lowest BCUT2D eigenvalue weighted by atomic mass is 9.35. The third-order valence-corrected chi connectivity index (χ3v) is 11.2. The van der Waals surface area contributed by atoms with Crippen LogP contribution in [0.25, 0.3) is 0 Å². The molecule has 176 valence electrons. The molecule has 0 heterocycles. The van der Waals surface area contributed by atoms with E-state index in [1.54, 1.807) is 5.56 Å². The summed E-state index contributed by atoms with van der Waals surface area (Å²) in [5.74, 6) is 2.37. The molecule has 3 heteroatoms. The van der Waals surface area contributed by atoms with Crippen LogP contribution in [0.3, 0.4) is 0 Å². The third kappa shape index (κ3) is 3.57. The van der Waals surface area contributed by atoms with Gasteiger partial charge in [-0.1, -0.05) is 62.8 Å². The first-order chi connectivity index (χ1) is 15.5. The van der Waals surface area contributed by atoms with Crippen LogP contribution in [-0.4, -0.2) is 17.6 Å². The van der Waals surface area contributed by atoms with E-state index < -0.39 is 0 Å². The van der Waals surface area contributed by atoms with Crippen LogP contribution in [0.2, 0.25) is 0 Å². The molecule has 0 aliphatic heterocycles. The molecule has 4 bridgehead atoms. The maximum atomic E-state index is 6.32. The minimum Gasteiger partial charge on any atom is -0.376 e. The molecule has 5 saturated carbocycles. The lowest BCUT2D eigenvalue weighted by Crippen LogP contribution is -2.65. The van der Waals surface area contributed by atoms with Gasteiger partial charge >= 0.3 is 0 Å². The molecule has 0 radical (unpaired) electrons. The summed E-state index contributed by atoms with van der Waals surface area (Å²) in [6, 6.07) is 12.1. The number of nitrogens with one attached hydrogen (secondary N) is 1. The van der Waals surface area contributed by atoms with Gasteiger partial charge in [0.05, 0.1) is 4.99 Å². The highest BCUT2D eigenvalue weighted by molar-refractivity contribution is 7.80. The molecule has 0 amide bonds. The van der Waals surface area contributed by atoms with E-state index in [1.165, 1.54) is 82.0 Å². The summed E-state index contributed by atoms with van der Waals surface area (Å²) >= 11 is 6.32. The standard InChI is InChI=1S/C29H44N2S/c1-3-14-29(4-2)23-15-27(22-8-6-5-7-9-22)16-24(29)18-28(17-23,20-27)26(32)31-25-12-10-21(19-30)11-13-25/h5-9,21,23-25H,3-4,10-20,30H2,1-2H3,(H,31,32)/t21-,23?,24?,25-,27?,28?,29?. The first kappa shape index (κ1) is 22.8. The predicted molar refractivity (Wildman–Crippen MR) is 139 cm³/mol. The van der Waals surface area contributed by atoms with Gasteiger partial charge in [-0.25, -0.2) is 0 Å². The van der Waals surface area contributed by atoms with Crippen LogP contribution in [0.1, 0.15) is 96.5 Å². The Kier molecular flexibility index (Phi) is 6.20. The Morgan fingerprint density at radius 3 is 2.22 bits per heavy atom. The summed E-state index contributed by atoms with van der Waals surface area (Å²) in [7, 11) is 0. The summed E-state index contributed by atoms with van der Waals surface area (Å²) in [6.45, 7) is 5.72. The molecule has 5 fully saturated rings. The fourth-order valence-electron chi connectivity index (χ4n) is 9.18. The summed E-state index contributed by atoms with van der Waals surface area (Å²) in [4.78, 5) is 1.23. The van der Waals surface area contributed by atoms with Crippen LogP contribution in [-0.2, 0) is 5.41 Å². The molecule has 1 aromatic rings. The van der Waals surface area contributed by atoms with Crippen molar-refractivity contribution >= 4 is 17.2 Å². The van der Waals surface area contributed by atoms with E-state index in [2.05, 4.69) is 49.5 Å². The maximum Gasteiger partial charge on any atom is 0.0818 e. The van der Waals surface area contributed by atoms with Crippen LogP contribution >= 0.6 is 12.2 Å². The smallest absolute Gasteiger partial charge is 0.0818 e.